The molecule has 0 unspecified atom stereocenters. The Hall–Kier alpha value is -2.67. The number of rotatable bonds is 2. The minimum Gasteiger partial charge on any atom is -0.237 e. The summed E-state index contributed by atoms with van der Waals surface area (Å²) in [5.74, 6) is 0. The van der Waals surface area contributed by atoms with E-state index in [1.807, 2.05) is 35.6 Å². The van der Waals surface area contributed by atoms with Crippen molar-refractivity contribution in [2.75, 3.05) is 0 Å². The molecule has 0 amide bonds. The van der Waals surface area contributed by atoms with Crippen molar-refractivity contribution in [3.8, 4) is 28.5 Å². The summed E-state index contributed by atoms with van der Waals surface area (Å²) in [7, 11) is 0. The third kappa shape index (κ3) is 3.55. The van der Waals surface area contributed by atoms with E-state index in [1.165, 1.54) is 51.8 Å². The second-order valence-electron chi connectivity index (χ2n) is 7.50. The molecule has 29 heavy (non-hydrogen) atoms. The third-order valence-electron chi connectivity index (χ3n) is 5.56. The van der Waals surface area contributed by atoms with E-state index in [0.717, 1.165) is 22.5 Å². The van der Waals surface area contributed by atoms with Crippen LogP contribution in [0.25, 0.3) is 32.6 Å². The first-order valence-electron chi connectivity index (χ1n) is 9.76. The van der Waals surface area contributed by atoms with Crippen LogP contribution in [0.5, 0.6) is 0 Å². The number of thiophene rings is 1. The average Bonchev–Trinajstić information content (AvgIpc) is 3.11. The van der Waals surface area contributed by atoms with Crippen LogP contribution < -0.4 is 0 Å². The molecule has 0 bridgehead atoms. The van der Waals surface area contributed by atoms with E-state index in [0.29, 0.717) is 5.56 Å². The van der Waals surface area contributed by atoms with Crippen LogP contribution in [0.2, 0.25) is 0 Å². The van der Waals surface area contributed by atoms with Gasteiger partial charge in [-0.3, -0.25) is 0 Å². The Morgan fingerprint density at radius 1 is 0.966 bits per heavy atom. The highest BCUT2D eigenvalue weighted by atomic mass is 35.5. The molecule has 0 saturated heterocycles. The van der Waals surface area contributed by atoms with E-state index < -0.39 is 0 Å². The third-order valence-corrected chi connectivity index (χ3v) is 6.75. The van der Waals surface area contributed by atoms with Gasteiger partial charge in [0.15, 0.2) is 0 Å². The van der Waals surface area contributed by atoms with Gasteiger partial charge in [0.2, 0.25) is 0 Å². The van der Waals surface area contributed by atoms with Gasteiger partial charge in [-0.1, -0.05) is 42.0 Å². The molecule has 144 valence electrons. The van der Waals surface area contributed by atoms with E-state index in [-0.39, 0.29) is 12.4 Å². The van der Waals surface area contributed by atoms with Crippen molar-refractivity contribution in [2.24, 2.45) is 0 Å². The van der Waals surface area contributed by atoms with Gasteiger partial charge in [-0.15, -0.1) is 23.7 Å². The fraction of sp³-hybridized carbons (Fsp3) is 0.200. The number of hydrogen-bond donors (Lipinski definition) is 0. The van der Waals surface area contributed by atoms with Gasteiger partial charge in [-0.05, 0) is 67.5 Å². The first-order valence-corrected chi connectivity index (χ1v) is 10.6. The molecule has 1 aliphatic rings. The predicted octanol–water partition coefficient (Wildman–Crippen LogP) is 7.11. The van der Waals surface area contributed by atoms with E-state index in [2.05, 4.69) is 43.3 Å². The van der Waals surface area contributed by atoms with Crippen molar-refractivity contribution < 1.29 is 0 Å². The van der Waals surface area contributed by atoms with Gasteiger partial charge >= 0.3 is 0 Å². The van der Waals surface area contributed by atoms with Crippen LogP contribution in [-0.4, -0.2) is 4.98 Å². The van der Waals surface area contributed by atoms with Crippen LogP contribution in [-0.2, 0) is 12.8 Å². The zero-order valence-corrected chi connectivity index (χ0v) is 17.9. The summed E-state index contributed by atoms with van der Waals surface area (Å²) in [5.41, 5.74) is 8.04. The summed E-state index contributed by atoms with van der Waals surface area (Å²) in [5, 5.41) is 10.4. The number of benzene rings is 2. The fourth-order valence-corrected chi connectivity index (χ4v) is 5.45. The molecular formula is C25H21ClN2S. The first kappa shape index (κ1) is 19.6. The Kier molecular flexibility index (Phi) is 5.41. The lowest BCUT2D eigenvalue weighted by Crippen LogP contribution is -1.99. The lowest BCUT2D eigenvalue weighted by atomic mass is 9.91. The van der Waals surface area contributed by atoms with Crippen LogP contribution >= 0.6 is 23.7 Å². The summed E-state index contributed by atoms with van der Waals surface area (Å²) < 4.78 is 0. The van der Waals surface area contributed by atoms with Gasteiger partial charge in [-0.2, -0.15) is 5.26 Å². The fourth-order valence-electron chi connectivity index (χ4n) is 4.16. The highest BCUT2D eigenvalue weighted by Gasteiger charge is 2.21. The van der Waals surface area contributed by atoms with Gasteiger partial charge in [-0.25, -0.2) is 4.98 Å². The molecule has 0 N–H and O–H groups in total. The Morgan fingerprint density at radius 2 is 1.76 bits per heavy atom. The number of nitrogens with zero attached hydrogens (tertiary/aromatic N) is 2. The van der Waals surface area contributed by atoms with Crippen molar-refractivity contribution in [1.29, 1.82) is 5.26 Å². The topological polar surface area (TPSA) is 36.7 Å². The summed E-state index contributed by atoms with van der Waals surface area (Å²) in [6.45, 7) is 2.15. The number of hydrogen-bond acceptors (Lipinski definition) is 3. The summed E-state index contributed by atoms with van der Waals surface area (Å²) in [6.07, 6.45) is 4.88. The summed E-state index contributed by atoms with van der Waals surface area (Å²) in [6, 6.07) is 20.9. The standard InChI is InChI=1S/C25H20N2S.ClH/c1-16-5-4-6-19(13-16)21-14-22(18-11-9-17(15-26)10-12-18)27-25-24(21)20-7-2-3-8-23(20)28-25;/h4-6,9-14H,2-3,7-8H2,1H3;1H. The van der Waals surface area contributed by atoms with Crippen molar-refractivity contribution >= 4 is 34.0 Å². The molecule has 0 fully saturated rings. The number of halogens is 1. The Bertz CT molecular complexity index is 1230. The van der Waals surface area contributed by atoms with Crippen molar-refractivity contribution in [3.05, 3.63) is 76.2 Å². The minimum absolute atomic E-state index is 0. The lowest BCUT2D eigenvalue weighted by Gasteiger charge is -2.13. The van der Waals surface area contributed by atoms with Gasteiger partial charge in [0.25, 0.3) is 0 Å². The summed E-state index contributed by atoms with van der Waals surface area (Å²) >= 11 is 1.87. The molecule has 1 aliphatic carbocycles. The van der Waals surface area contributed by atoms with E-state index >= 15 is 0 Å². The number of aromatic nitrogens is 1. The summed E-state index contributed by atoms with van der Waals surface area (Å²) in [4.78, 5) is 7.71. The van der Waals surface area contributed by atoms with Crippen LogP contribution in [0, 0.1) is 18.3 Å². The molecule has 4 heteroatoms. The van der Waals surface area contributed by atoms with E-state index in [4.69, 9.17) is 10.2 Å². The van der Waals surface area contributed by atoms with Crippen molar-refractivity contribution in [2.45, 2.75) is 32.6 Å². The number of fused-ring (bicyclic) bond motifs is 3. The van der Waals surface area contributed by atoms with Gasteiger partial charge < -0.3 is 0 Å². The van der Waals surface area contributed by atoms with Crippen LogP contribution in [0.4, 0.5) is 0 Å². The molecule has 0 radical (unpaired) electrons. The second-order valence-corrected chi connectivity index (χ2v) is 8.59. The van der Waals surface area contributed by atoms with Crippen molar-refractivity contribution in [3.63, 3.8) is 0 Å². The first-order chi connectivity index (χ1) is 13.7. The maximum Gasteiger partial charge on any atom is 0.125 e. The van der Waals surface area contributed by atoms with Crippen molar-refractivity contribution in [1.82, 2.24) is 4.98 Å². The maximum absolute atomic E-state index is 9.09. The molecule has 2 heterocycles. The van der Waals surface area contributed by atoms with Gasteiger partial charge in [0, 0.05) is 15.8 Å². The highest BCUT2D eigenvalue weighted by molar-refractivity contribution is 7.19. The molecule has 2 nitrogen and oxygen atoms in total. The zero-order valence-electron chi connectivity index (χ0n) is 16.2. The number of aryl methyl sites for hydroxylation is 3. The van der Waals surface area contributed by atoms with Gasteiger partial charge in [0.1, 0.15) is 4.83 Å². The molecule has 0 aliphatic heterocycles. The highest BCUT2D eigenvalue weighted by Crippen LogP contribution is 2.42. The van der Waals surface area contributed by atoms with Crippen LogP contribution in [0.3, 0.4) is 0 Å². The van der Waals surface area contributed by atoms with E-state index in [9.17, 15) is 0 Å². The monoisotopic (exact) mass is 416 g/mol. The molecule has 0 spiro atoms. The molecular weight excluding hydrogens is 396 g/mol. The molecule has 4 aromatic rings. The molecule has 0 atom stereocenters. The van der Waals surface area contributed by atoms with Gasteiger partial charge in [0.05, 0.1) is 17.3 Å². The molecule has 2 aromatic carbocycles. The normalized spacial score (nSPS) is 12.8. The Morgan fingerprint density at radius 3 is 2.52 bits per heavy atom. The van der Waals surface area contributed by atoms with E-state index in [1.54, 1.807) is 0 Å². The smallest absolute Gasteiger partial charge is 0.125 e. The quantitative estimate of drug-likeness (QED) is 0.349. The zero-order chi connectivity index (χ0) is 19.1. The largest absolute Gasteiger partial charge is 0.237 e. The second kappa shape index (κ2) is 7.99. The Balaban J connectivity index is 0.00000205. The Labute approximate surface area is 181 Å². The van der Waals surface area contributed by atoms with Crippen LogP contribution in [0.15, 0.2) is 54.6 Å². The SMILES string of the molecule is Cc1cccc(-c2cc(-c3ccc(C#N)cc3)nc3sc4c(c23)CCCC4)c1.Cl. The number of nitriles is 1. The molecule has 2 aromatic heterocycles. The average molecular weight is 417 g/mol. The van der Waals surface area contributed by atoms with Crippen LogP contribution in [0.1, 0.15) is 34.4 Å². The molecule has 0 saturated carbocycles. The molecule has 5 rings (SSSR count). The number of pyridine rings is 1. The predicted molar refractivity (Wildman–Crippen MR) is 124 cm³/mol. The maximum atomic E-state index is 9.09. The lowest BCUT2D eigenvalue weighted by molar-refractivity contribution is 0.700. The minimum atomic E-state index is 0.